The van der Waals surface area contributed by atoms with E-state index in [0.29, 0.717) is 17.3 Å². The molecule has 0 aliphatic rings. The molecule has 3 aromatic carbocycles. The number of benzene rings is 3. The molecule has 1 atom stereocenters. The third-order valence-electron chi connectivity index (χ3n) is 6.13. The van der Waals surface area contributed by atoms with Gasteiger partial charge in [0.05, 0.1) is 5.02 Å². The van der Waals surface area contributed by atoms with Crippen molar-refractivity contribution in [2.24, 2.45) is 0 Å². The van der Waals surface area contributed by atoms with Gasteiger partial charge in [0.25, 0.3) is 0 Å². The lowest BCUT2D eigenvalue weighted by Crippen LogP contribution is -2.46. The van der Waals surface area contributed by atoms with Gasteiger partial charge in [-0.15, -0.1) is 6.58 Å². The van der Waals surface area contributed by atoms with Crippen LogP contribution < -0.4 is 10.1 Å². The number of hydrogen-bond donors (Lipinski definition) is 2. The van der Waals surface area contributed by atoms with E-state index < -0.39 is 6.10 Å². The molecule has 2 N–H and O–H groups in total. The second-order valence-corrected chi connectivity index (χ2v) is 10.3. The standard InChI is InChI=1S/C29H33ClN2O2/c1-6-28(2,3)25-13-14-26(24(17-31)27(25)30)34-19-23(33)18-32-29(4,5)16-20-11-12-21-9-7-8-10-22(21)15-20/h6-15,23,32-33H,1,16,18-19H2,2-5H3. The molecule has 34 heavy (non-hydrogen) atoms. The average Bonchev–Trinajstić information content (AvgIpc) is 2.81. The monoisotopic (exact) mass is 476 g/mol. The van der Waals surface area contributed by atoms with Crippen LogP contribution in [0.4, 0.5) is 0 Å². The molecule has 1 unspecified atom stereocenters. The molecule has 0 bridgehead atoms. The van der Waals surface area contributed by atoms with Gasteiger partial charge in [0, 0.05) is 17.5 Å². The minimum absolute atomic E-state index is 0.0499. The average molecular weight is 477 g/mol. The summed E-state index contributed by atoms with van der Waals surface area (Å²) < 4.78 is 5.78. The van der Waals surface area contributed by atoms with Crippen LogP contribution in [0.25, 0.3) is 10.8 Å². The number of aliphatic hydroxyl groups excluding tert-OH is 1. The van der Waals surface area contributed by atoms with Crippen molar-refractivity contribution in [3.8, 4) is 11.8 Å². The Hall–Kier alpha value is -2.84. The third kappa shape index (κ3) is 6.18. The summed E-state index contributed by atoms with van der Waals surface area (Å²) in [6.45, 7) is 12.5. The van der Waals surface area contributed by atoms with E-state index in [4.69, 9.17) is 16.3 Å². The Morgan fingerprint density at radius 3 is 2.50 bits per heavy atom. The van der Waals surface area contributed by atoms with E-state index >= 15 is 0 Å². The minimum atomic E-state index is -0.745. The molecule has 3 rings (SSSR count). The number of hydrogen-bond acceptors (Lipinski definition) is 4. The largest absolute Gasteiger partial charge is 0.489 e. The van der Waals surface area contributed by atoms with Gasteiger partial charge in [-0.1, -0.05) is 80.1 Å². The topological polar surface area (TPSA) is 65.3 Å². The van der Waals surface area contributed by atoms with Crippen molar-refractivity contribution in [2.75, 3.05) is 13.2 Å². The lowest BCUT2D eigenvalue weighted by atomic mass is 9.84. The molecule has 0 aliphatic heterocycles. The second kappa shape index (κ2) is 10.6. The second-order valence-electron chi connectivity index (χ2n) is 9.93. The van der Waals surface area contributed by atoms with E-state index in [1.165, 1.54) is 16.3 Å². The fraction of sp³-hybridized carbons (Fsp3) is 0.345. The van der Waals surface area contributed by atoms with Crippen molar-refractivity contribution in [3.05, 3.63) is 89.0 Å². The van der Waals surface area contributed by atoms with Crippen LogP contribution in [-0.2, 0) is 11.8 Å². The van der Waals surface area contributed by atoms with Crippen LogP contribution in [0.1, 0.15) is 44.4 Å². The predicted molar refractivity (Wildman–Crippen MR) is 141 cm³/mol. The van der Waals surface area contributed by atoms with Gasteiger partial charge < -0.3 is 15.2 Å². The van der Waals surface area contributed by atoms with E-state index in [1.54, 1.807) is 12.1 Å². The molecule has 0 fully saturated rings. The number of allylic oxidation sites excluding steroid dienone is 1. The summed E-state index contributed by atoms with van der Waals surface area (Å²) in [5.41, 5.74) is 1.72. The molecule has 0 heterocycles. The van der Waals surface area contributed by atoms with Gasteiger partial charge in [-0.3, -0.25) is 0 Å². The molecule has 0 radical (unpaired) electrons. The van der Waals surface area contributed by atoms with E-state index in [2.05, 4.69) is 62.1 Å². The lowest BCUT2D eigenvalue weighted by molar-refractivity contribution is 0.0987. The predicted octanol–water partition coefficient (Wildman–Crippen LogP) is 6.18. The summed E-state index contributed by atoms with van der Waals surface area (Å²) in [6, 6.07) is 20.5. The summed E-state index contributed by atoms with van der Waals surface area (Å²) in [4.78, 5) is 0. The number of rotatable bonds is 10. The van der Waals surface area contributed by atoms with Gasteiger partial charge >= 0.3 is 0 Å². The SMILES string of the molecule is C=CC(C)(C)c1ccc(OCC(O)CNC(C)(C)Cc2ccc3ccccc3c2)c(C#N)c1Cl. The van der Waals surface area contributed by atoms with Crippen LogP contribution in [0.5, 0.6) is 5.75 Å². The number of fused-ring (bicyclic) bond motifs is 1. The van der Waals surface area contributed by atoms with Crippen LogP contribution in [0, 0.1) is 11.3 Å². The normalized spacial score (nSPS) is 12.9. The smallest absolute Gasteiger partial charge is 0.138 e. The molecule has 5 heteroatoms. The highest BCUT2D eigenvalue weighted by molar-refractivity contribution is 6.33. The molecular formula is C29H33ClN2O2. The number of ether oxygens (including phenoxy) is 1. The highest BCUT2D eigenvalue weighted by Gasteiger charge is 2.24. The van der Waals surface area contributed by atoms with Gasteiger partial charge in [-0.25, -0.2) is 0 Å². The molecule has 0 saturated carbocycles. The Morgan fingerprint density at radius 2 is 1.82 bits per heavy atom. The van der Waals surface area contributed by atoms with Crippen LogP contribution in [-0.4, -0.2) is 29.9 Å². The number of nitrogens with zero attached hydrogens (tertiary/aromatic N) is 1. The van der Waals surface area contributed by atoms with E-state index in [0.717, 1.165) is 12.0 Å². The molecule has 0 spiro atoms. The fourth-order valence-electron chi connectivity index (χ4n) is 3.95. The van der Waals surface area contributed by atoms with Crippen molar-refractivity contribution < 1.29 is 9.84 Å². The van der Waals surface area contributed by atoms with Crippen molar-refractivity contribution in [3.63, 3.8) is 0 Å². The quantitative estimate of drug-likeness (QED) is 0.343. The lowest BCUT2D eigenvalue weighted by Gasteiger charge is -2.28. The zero-order valence-electron chi connectivity index (χ0n) is 20.4. The van der Waals surface area contributed by atoms with Gasteiger partial charge in [0.15, 0.2) is 0 Å². The molecule has 4 nitrogen and oxygen atoms in total. The molecule has 0 amide bonds. The maximum Gasteiger partial charge on any atom is 0.138 e. The summed E-state index contributed by atoms with van der Waals surface area (Å²) in [6.07, 6.45) is 1.87. The van der Waals surface area contributed by atoms with Gasteiger partial charge in [0.2, 0.25) is 0 Å². The van der Waals surface area contributed by atoms with E-state index in [9.17, 15) is 10.4 Å². The van der Waals surface area contributed by atoms with Gasteiger partial charge in [0.1, 0.15) is 30.1 Å². The Balaban J connectivity index is 1.59. The highest BCUT2D eigenvalue weighted by atomic mass is 35.5. The zero-order chi connectivity index (χ0) is 24.9. The maximum absolute atomic E-state index is 10.5. The highest BCUT2D eigenvalue weighted by Crippen LogP contribution is 2.37. The van der Waals surface area contributed by atoms with E-state index in [1.807, 2.05) is 32.0 Å². The van der Waals surface area contributed by atoms with Crippen molar-refractivity contribution >= 4 is 22.4 Å². The first-order valence-corrected chi connectivity index (χ1v) is 11.8. The Morgan fingerprint density at radius 1 is 1.12 bits per heavy atom. The molecule has 0 saturated heterocycles. The molecule has 3 aromatic rings. The third-order valence-corrected chi connectivity index (χ3v) is 6.52. The number of nitriles is 1. The Kier molecular flexibility index (Phi) is 8.05. The van der Waals surface area contributed by atoms with Crippen LogP contribution in [0.3, 0.4) is 0 Å². The summed E-state index contributed by atoms with van der Waals surface area (Å²) in [5, 5.41) is 26.4. The Bertz CT molecular complexity index is 1210. The van der Waals surface area contributed by atoms with Crippen molar-refractivity contribution in [1.82, 2.24) is 5.32 Å². The first-order chi connectivity index (χ1) is 16.1. The Labute approximate surface area is 207 Å². The fourth-order valence-corrected chi connectivity index (χ4v) is 4.39. The number of halogens is 1. The van der Waals surface area contributed by atoms with Crippen LogP contribution in [0.15, 0.2) is 67.3 Å². The molecule has 178 valence electrons. The molecule has 0 aliphatic carbocycles. The number of aliphatic hydroxyl groups is 1. The van der Waals surface area contributed by atoms with E-state index in [-0.39, 0.29) is 23.1 Å². The molecular weight excluding hydrogens is 444 g/mol. The van der Waals surface area contributed by atoms with Crippen molar-refractivity contribution in [2.45, 2.75) is 51.2 Å². The first-order valence-electron chi connectivity index (χ1n) is 11.5. The van der Waals surface area contributed by atoms with Gasteiger partial charge in [-0.05, 0) is 48.2 Å². The maximum atomic E-state index is 10.5. The van der Waals surface area contributed by atoms with Crippen LogP contribution in [0.2, 0.25) is 5.02 Å². The summed E-state index contributed by atoms with van der Waals surface area (Å²) in [5.74, 6) is 0.366. The number of β-amino-alcohol motifs (C(OH)–C–C–N with tert-alkyl or cyclic N) is 1. The number of nitrogens with one attached hydrogen (secondary N) is 1. The molecule has 0 aromatic heterocycles. The summed E-state index contributed by atoms with van der Waals surface area (Å²) in [7, 11) is 0. The van der Waals surface area contributed by atoms with Gasteiger partial charge in [-0.2, -0.15) is 5.26 Å². The van der Waals surface area contributed by atoms with Crippen molar-refractivity contribution in [1.29, 1.82) is 5.26 Å². The summed E-state index contributed by atoms with van der Waals surface area (Å²) >= 11 is 6.50. The van der Waals surface area contributed by atoms with Crippen LogP contribution >= 0.6 is 11.6 Å². The first kappa shape index (κ1) is 25.8. The zero-order valence-corrected chi connectivity index (χ0v) is 21.1. The minimum Gasteiger partial charge on any atom is -0.489 e.